The molecule has 0 aliphatic carbocycles. The van der Waals surface area contributed by atoms with Crippen molar-refractivity contribution in [3.05, 3.63) is 22.4 Å². The lowest BCUT2D eigenvalue weighted by Gasteiger charge is -2.28. The molecule has 1 aliphatic heterocycles. The van der Waals surface area contributed by atoms with Crippen molar-refractivity contribution in [3.8, 4) is 0 Å². The van der Waals surface area contributed by atoms with Gasteiger partial charge in [-0.1, -0.05) is 6.07 Å². The first-order chi connectivity index (χ1) is 8.43. The number of carboxylic acids is 1. The Morgan fingerprint density at radius 3 is 2.63 bits per heavy atom. The summed E-state index contributed by atoms with van der Waals surface area (Å²) >= 11 is 1.56. The Kier molecular flexibility index (Phi) is 4.98. The van der Waals surface area contributed by atoms with Gasteiger partial charge >= 0.3 is 5.97 Å². The molecule has 4 nitrogen and oxygen atoms in total. The Bertz CT molecular complexity index is 458. The number of amides is 1. The maximum absolute atomic E-state index is 12.5. The van der Waals surface area contributed by atoms with Gasteiger partial charge in [0.2, 0.25) is 5.91 Å². The molecule has 19 heavy (non-hydrogen) atoms. The second-order valence-corrected chi connectivity index (χ2v) is 6.12. The van der Waals surface area contributed by atoms with Gasteiger partial charge in [-0.25, -0.2) is 0 Å². The minimum Gasteiger partial charge on any atom is -0.481 e. The predicted molar refractivity (Wildman–Crippen MR) is 76.9 cm³/mol. The number of rotatable bonds is 3. The van der Waals surface area contributed by atoms with Crippen LogP contribution in [0.2, 0.25) is 0 Å². The number of thiophene rings is 1. The number of hydrogen-bond donors (Lipinski definition) is 1. The van der Waals surface area contributed by atoms with E-state index in [9.17, 15) is 9.59 Å². The molecule has 2 heterocycles. The van der Waals surface area contributed by atoms with Crippen molar-refractivity contribution < 1.29 is 14.7 Å². The quantitative estimate of drug-likeness (QED) is 0.932. The topological polar surface area (TPSA) is 57.6 Å². The Morgan fingerprint density at radius 2 is 2.16 bits per heavy atom. The Hall–Kier alpha value is -1.07. The molecule has 0 bridgehead atoms. The fourth-order valence-corrected chi connectivity index (χ4v) is 3.12. The van der Waals surface area contributed by atoms with Gasteiger partial charge < -0.3 is 10.0 Å². The normalized spacial score (nSPS) is 19.1. The zero-order valence-corrected chi connectivity index (χ0v) is 12.6. The van der Waals surface area contributed by atoms with Crippen LogP contribution in [0.1, 0.15) is 25.1 Å². The molecule has 1 aromatic heterocycles. The molecule has 0 saturated carbocycles. The summed E-state index contributed by atoms with van der Waals surface area (Å²) in [4.78, 5) is 26.1. The van der Waals surface area contributed by atoms with Crippen LogP contribution in [0.3, 0.4) is 0 Å². The summed E-state index contributed by atoms with van der Waals surface area (Å²) in [6, 6.07) is 3.88. The maximum Gasteiger partial charge on any atom is 0.308 e. The highest BCUT2D eigenvalue weighted by atomic mass is 35.5. The molecule has 0 aromatic carbocycles. The van der Waals surface area contributed by atoms with Crippen molar-refractivity contribution in [1.82, 2.24) is 4.90 Å². The van der Waals surface area contributed by atoms with E-state index >= 15 is 0 Å². The van der Waals surface area contributed by atoms with Crippen LogP contribution >= 0.6 is 23.7 Å². The monoisotopic (exact) mass is 303 g/mol. The Morgan fingerprint density at radius 1 is 1.47 bits per heavy atom. The highest BCUT2D eigenvalue weighted by molar-refractivity contribution is 7.10. The molecule has 2 rings (SSSR count). The van der Waals surface area contributed by atoms with Crippen molar-refractivity contribution in [3.63, 3.8) is 0 Å². The number of carbonyl (C=O) groups excluding carboxylic acids is 1. The number of halogens is 1. The van der Waals surface area contributed by atoms with Crippen LogP contribution in [0.5, 0.6) is 0 Å². The Balaban J connectivity index is 0.00000180. The lowest BCUT2D eigenvalue weighted by atomic mass is 9.89. The van der Waals surface area contributed by atoms with E-state index in [0.717, 1.165) is 4.88 Å². The average Bonchev–Trinajstić information content (AvgIpc) is 2.99. The molecule has 0 radical (unpaired) electrons. The number of nitrogens with zero attached hydrogens (tertiary/aromatic N) is 1. The van der Waals surface area contributed by atoms with Crippen LogP contribution in [-0.2, 0) is 15.0 Å². The first-order valence-electron chi connectivity index (χ1n) is 5.99. The van der Waals surface area contributed by atoms with Crippen LogP contribution in [0.15, 0.2) is 17.5 Å². The summed E-state index contributed by atoms with van der Waals surface area (Å²) in [5, 5.41) is 10.9. The predicted octanol–water partition coefficient (Wildman–Crippen LogP) is 2.38. The number of hydrogen-bond acceptors (Lipinski definition) is 3. The van der Waals surface area contributed by atoms with E-state index in [1.54, 1.807) is 16.2 Å². The maximum atomic E-state index is 12.5. The lowest BCUT2D eigenvalue weighted by Crippen LogP contribution is -2.42. The summed E-state index contributed by atoms with van der Waals surface area (Å²) in [5.41, 5.74) is -0.568. The van der Waals surface area contributed by atoms with Crippen molar-refractivity contribution in [2.24, 2.45) is 5.92 Å². The van der Waals surface area contributed by atoms with Gasteiger partial charge in [-0.2, -0.15) is 0 Å². The van der Waals surface area contributed by atoms with Crippen LogP contribution in [0.4, 0.5) is 0 Å². The highest BCUT2D eigenvalue weighted by Gasteiger charge is 2.39. The van der Waals surface area contributed by atoms with E-state index in [1.807, 2.05) is 31.4 Å². The van der Waals surface area contributed by atoms with Crippen molar-refractivity contribution in [2.75, 3.05) is 13.1 Å². The summed E-state index contributed by atoms with van der Waals surface area (Å²) in [6.07, 6.45) is 0.557. The Labute approximate surface area is 122 Å². The molecule has 1 amide bonds. The molecular weight excluding hydrogens is 286 g/mol. The van der Waals surface area contributed by atoms with Crippen molar-refractivity contribution in [1.29, 1.82) is 0 Å². The van der Waals surface area contributed by atoms with Gasteiger partial charge in [-0.3, -0.25) is 9.59 Å². The number of likely N-dealkylation sites (tertiary alicyclic amines) is 1. The molecule has 1 fully saturated rings. The van der Waals surface area contributed by atoms with E-state index in [0.29, 0.717) is 19.5 Å². The molecule has 0 spiro atoms. The first kappa shape index (κ1) is 16.0. The highest BCUT2D eigenvalue weighted by Crippen LogP contribution is 2.31. The smallest absolute Gasteiger partial charge is 0.308 e. The molecule has 6 heteroatoms. The fraction of sp³-hybridized carbons (Fsp3) is 0.538. The molecule has 1 aromatic rings. The largest absolute Gasteiger partial charge is 0.481 e. The van der Waals surface area contributed by atoms with Crippen LogP contribution < -0.4 is 0 Å². The zero-order valence-electron chi connectivity index (χ0n) is 11.0. The summed E-state index contributed by atoms with van der Waals surface area (Å²) < 4.78 is 0. The summed E-state index contributed by atoms with van der Waals surface area (Å²) in [5.74, 6) is -1.19. The molecule has 1 aliphatic rings. The van der Waals surface area contributed by atoms with E-state index in [2.05, 4.69) is 0 Å². The van der Waals surface area contributed by atoms with Crippen LogP contribution in [-0.4, -0.2) is 35.0 Å². The fourth-order valence-electron chi connectivity index (χ4n) is 2.28. The van der Waals surface area contributed by atoms with Gasteiger partial charge in [0.1, 0.15) is 0 Å². The summed E-state index contributed by atoms with van der Waals surface area (Å²) in [6.45, 7) is 4.68. The van der Waals surface area contributed by atoms with Crippen LogP contribution in [0.25, 0.3) is 0 Å². The molecule has 106 valence electrons. The third-order valence-electron chi connectivity index (χ3n) is 3.50. The first-order valence-corrected chi connectivity index (χ1v) is 6.87. The second kappa shape index (κ2) is 5.92. The molecule has 1 atom stereocenters. The minimum absolute atomic E-state index is 0. The van der Waals surface area contributed by atoms with Gasteiger partial charge in [0.05, 0.1) is 11.3 Å². The van der Waals surface area contributed by atoms with E-state index in [4.69, 9.17) is 5.11 Å². The molecule has 1 N–H and O–H groups in total. The van der Waals surface area contributed by atoms with Gasteiger partial charge in [0, 0.05) is 18.0 Å². The second-order valence-electron chi connectivity index (χ2n) is 5.18. The molecule has 1 saturated heterocycles. The minimum atomic E-state index is -0.806. The zero-order chi connectivity index (χ0) is 13.3. The number of carbonyl (C=O) groups is 2. The third-order valence-corrected chi connectivity index (χ3v) is 4.69. The SMILES string of the molecule is CC(C)(C(=O)N1CCC(C(=O)O)C1)c1cccs1.Cl. The standard InChI is InChI=1S/C13H17NO3S.ClH/c1-13(2,10-4-3-7-18-10)12(17)14-6-5-9(8-14)11(15)16;/h3-4,7,9H,5-6,8H2,1-2H3,(H,15,16);1H. The van der Waals surface area contributed by atoms with Gasteiger partial charge in [-0.05, 0) is 31.7 Å². The number of carboxylic acid groups (broad SMARTS) is 1. The average molecular weight is 304 g/mol. The van der Waals surface area contributed by atoms with Gasteiger partial charge in [0.25, 0.3) is 0 Å². The van der Waals surface area contributed by atoms with E-state index in [1.165, 1.54) is 0 Å². The molecular formula is C13H18ClNO3S. The third kappa shape index (κ3) is 3.09. The van der Waals surface area contributed by atoms with Crippen LogP contribution in [0, 0.1) is 5.92 Å². The number of aliphatic carboxylic acids is 1. The van der Waals surface area contributed by atoms with Gasteiger partial charge in [0.15, 0.2) is 0 Å². The van der Waals surface area contributed by atoms with E-state index < -0.39 is 17.3 Å². The lowest BCUT2D eigenvalue weighted by molar-refractivity contribution is -0.141. The summed E-state index contributed by atoms with van der Waals surface area (Å²) in [7, 11) is 0. The molecule has 1 unspecified atom stereocenters. The van der Waals surface area contributed by atoms with Crippen molar-refractivity contribution >= 4 is 35.6 Å². The van der Waals surface area contributed by atoms with Crippen molar-refractivity contribution in [2.45, 2.75) is 25.7 Å². The van der Waals surface area contributed by atoms with E-state index in [-0.39, 0.29) is 18.3 Å². The van der Waals surface area contributed by atoms with Gasteiger partial charge in [-0.15, -0.1) is 23.7 Å².